The fourth-order valence-corrected chi connectivity index (χ4v) is 2.93. The Morgan fingerprint density at radius 3 is 2.82 bits per heavy atom. The summed E-state index contributed by atoms with van der Waals surface area (Å²) in [5.41, 5.74) is 8.29. The second-order valence-electron chi connectivity index (χ2n) is 4.73. The van der Waals surface area contributed by atoms with Gasteiger partial charge in [0.15, 0.2) is 0 Å². The second kappa shape index (κ2) is 4.20. The van der Waals surface area contributed by atoms with Crippen molar-refractivity contribution < 1.29 is 4.74 Å². The lowest BCUT2D eigenvalue weighted by atomic mass is 9.99. The van der Waals surface area contributed by atoms with Gasteiger partial charge in [0.05, 0.1) is 24.6 Å². The molecule has 3 N–H and O–H groups in total. The standard InChI is InChI=1S/C13H19N3O/c14-7-8-16-12-4-2-1-3-11(12)15-13(16)5-9-17-10-6-13/h1-4,15H,5-10,14H2. The van der Waals surface area contributed by atoms with Gasteiger partial charge in [-0.05, 0) is 12.1 Å². The van der Waals surface area contributed by atoms with Crippen molar-refractivity contribution in [1.29, 1.82) is 0 Å². The third-order valence-electron chi connectivity index (χ3n) is 3.75. The van der Waals surface area contributed by atoms with Gasteiger partial charge in [0.2, 0.25) is 0 Å². The van der Waals surface area contributed by atoms with Gasteiger partial charge in [0.25, 0.3) is 0 Å². The summed E-state index contributed by atoms with van der Waals surface area (Å²) in [5.74, 6) is 0. The highest BCUT2D eigenvalue weighted by molar-refractivity contribution is 5.77. The van der Waals surface area contributed by atoms with Crippen LogP contribution >= 0.6 is 0 Å². The Kier molecular flexibility index (Phi) is 2.68. The van der Waals surface area contributed by atoms with E-state index in [2.05, 4.69) is 34.5 Å². The van der Waals surface area contributed by atoms with Crippen molar-refractivity contribution in [3.05, 3.63) is 24.3 Å². The first-order valence-electron chi connectivity index (χ1n) is 6.28. The minimum Gasteiger partial charge on any atom is -0.381 e. The topological polar surface area (TPSA) is 50.5 Å². The maximum absolute atomic E-state index is 5.75. The van der Waals surface area contributed by atoms with Gasteiger partial charge < -0.3 is 20.7 Å². The molecular formula is C13H19N3O. The molecule has 1 spiro atoms. The minimum absolute atomic E-state index is 0.0291. The predicted octanol–water partition coefficient (Wildman–Crippen LogP) is 1.38. The van der Waals surface area contributed by atoms with E-state index in [1.165, 1.54) is 11.4 Å². The Morgan fingerprint density at radius 1 is 1.29 bits per heavy atom. The number of benzene rings is 1. The van der Waals surface area contributed by atoms with Crippen molar-refractivity contribution in [2.24, 2.45) is 5.73 Å². The molecule has 3 rings (SSSR count). The van der Waals surface area contributed by atoms with E-state index in [1.807, 2.05) is 0 Å². The number of para-hydroxylation sites is 2. The van der Waals surface area contributed by atoms with Gasteiger partial charge in [-0.2, -0.15) is 0 Å². The first-order valence-corrected chi connectivity index (χ1v) is 6.28. The molecule has 1 fully saturated rings. The highest BCUT2D eigenvalue weighted by Gasteiger charge is 2.43. The number of fused-ring (bicyclic) bond motifs is 1. The molecule has 0 saturated carbocycles. The average molecular weight is 233 g/mol. The summed E-state index contributed by atoms with van der Waals surface area (Å²) in [4.78, 5) is 2.42. The summed E-state index contributed by atoms with van der Waals surface area (Å²) >= 11 is 0. The average Bonchev–Trinajstić information content (AvgIpc) is 2.65. The normalized spacial score (nSPS) is 21.4. The molecule has 1 aromatic carbocycles. The van der Waals surface area contributed by atoms with Crippen LogP contribution in [0.4, 0.5) is 11.4 Å². The van der Waals surface area contributed by atoms with Crippen molar-refractivity contribution in [3.63, 3.8) is 0 Å². The van der Waals surface area contributed by atoms with E-state index < -0.39 is 0 Å². The molecule has 17 heavy (non-hydrogen) atoms. The van der Waals surface area contributed by atoms with E-state index in [4.69, 9.17) is 10.5 Å². The Morgan fingerprint density at radius 2 is 2.06 bits per heavy atom. The van der Waals surface area contributed by atoms with Crippen LogP contribution in [-0.2, 0) is 4.74 Å². The van der Waals surface area contributed by atoms with Crippen molar-refractivity contribution in [2.45, 2.75) is 18.5 Å². The summed E-state index contributed by atoms with van der Waals surface area (Å²) in [5, 5.41) is 3.68. The summed E-state index contributed by atoms with van der Waals surface area (Å²) in [7, 11) is 0. The quantitative estimate of drug-likeness (QED) is 0.810. The molecule has 1 saturated heterocycles. The van der Waals surface area contributed by atoms with E-state index in [0.29, 0.717) is 6.54 Å². The molecule has 0 atom stereocenters. The molecular weight excluding hydrogens is 214 g/mol. The molecule has 2 aliphatic heterocycles. The number of nitrogens with zero attached hydrogens (tertiary/aromatic N) is 1. The van der Waals surface area contributed by atoms with Crippen LogP contribution in [0.1, 0.15) is 12.8 Å². The van der Waals surface area contributed by atoms with Crippen LogP contribution in [0.3, 0.4) is 0 Å². The molecule has 4 heteroatoms. The Labute approximate surface area is 102 Å². The third kappa shape index (κ3) is 1.68. The zero-order chi connectivity index (χ0) is 11.7. The highest BCUT2D eigenvalue weighted by Crippen LogP contribution is 2.43. The molecule has 0 aliphatic carbocycles. The van der Waals surface area contributed by atoms with Crippen LogP contribution in [0.5, 0.6) is 0 Å². The summed E-state index contributed by atoms with van der Waals surface area (Å²) in [6, 6.07) is 8.47. The van der Waals surface area contributed by atoms with Gasteiger partial charge in [-0.25, -0.2) is 0 Å². The molecule has 0 unspecified atom stereocenters. The second-order valence-corrected chi connectivity index (χ2v) is 4.73. The molecule has 2 aliphatic rings. The monoisotopic (exact) mass is 233 g/mol. The highest BCUT2D eigenvalue weighted by atomic mass is 16.5. The van der Waals surface area contributed by atoms with Crippen LogP contribution in [0.2, 0.25) is 0 Å². The summed E-state index contributed by atoms with van der Waals surface area (Å²) < 4.78 is 5.48. The van der Waals surface area contributed by atoms with Crippen molar-refractivity contribution in [2.75, 3.05) is 36.5 Å². The molecule has 0 radical (unpaired) electrons. The van der Waals surface area contributed by atoms with E-state index in [1.54, 1.807) is 0 Å². The zero-order valence-corrected chi connectivity index (χ0v) is 9.98. The molecule has 92 valence electrons. The molecule has 0 aromatic heterocycles. The smallest absolute Gasteiger partial charge is 0.115 e. The van der Waals surface area contributed by atoms with E-state index in [-0.39, 0.29) is 5.66 Å². The number of anilines is 2. The number of ether oxygens (including phenoxy) is 1. The van der Waals surface area contributed by atoms with Crippen molar-refractivity contribution in [1.82, 2.24) is 0 Å². The van der Waals surface area contributed by atoms with Crippen LogP contribution < -0.4 is 16.0 Å². The minimum atomic E-state index is 0.0291. The van der Waals surface area contributed by atoms with Crippen molar-refractivity contribution in [3.8, 4) is 0 Å². The molecule has 1 aromatic rings. The number of hydrogen-bond acceptors (Lipinski definition) is 4. The largest absolute Gasteiger partial charge is 0.381 e. The maximum atomic E-state index is 5.75. The summed E-state index contributed by atoms with van der Waals surface area (Å²) in [6.45, 7) is 3.22. The fraction of sp³-hybridized carbons (Fsp3) is 0.538. The molecule has 2 heterocycles. The number of rotatable bonds is 2. The number of hydrogen-bond donors (Lipinski definition) is 2. The first kappa shape index (κ1) is 10.9. The van der Waals surface area contributed by atoms with E-state index in [9.17, 15) is 0 Å². The van der Waals surface area contributed by atoms with Crippen LogP contribution in [0.15, 0.2) is 24.3 Å². The molecule has 4 nitrogen and oxygen atoms in total. The SMILES string of the molecule is NCCN1c2ccccc2NC12CCOCC2. The van der Waals surface area contributed by atoms with Gasteiger partial charge in [-0.1, -0.05) is 12.1 Å². The number of nitrogens with one attached hydrogen (secondary N) is 1. The van der Waals surface area contributed by atoms with E-state index >= 15 is 0 Å². The van der Waals surface area contributed by atoms with Gasteiger partial charge in [0.1, 0.15) is 5.66 Å². The van der Waals surface area contributed by atoms with Gasteiger partial charge in [0, 0.05) is 25.9 Å². The van der Waals surface area contributed by atoms with Gasteiger partial charge in [-0.15, -0.1) is 0 Å². The van der Waals surface area contributed by atoms with E-state index in [0.717, 1.165) is 32.6 Å². The Balaban J connectivity index is 1.96. The number of nitrogens with two attached hydrogens (primary N) is 1. The Bertz CT molecular complexity index is 401. The lowest BCUT2D eigenvalue weighted by molar-refractivity contribution is 0.0610. The maximum Gasteiger partial charge on any atom is 0.115 e. The third-order valence-corrected chi connectivity index (χ3v) is 3.75. The van der Waals surface area contributed by atoms with Gasteiger partial charge >= 0.3 is 0 Å². The predicted molar refractivity (Wildman–Crippen MR) is 69.2 cm³/mol. The lowest BCUT2D eigenvalue weighted by Crippen LogP contribution is -2.55. The van der Waals surface area contributed by atoms with Crippen LogP contribution in [0.25, 0.3) is 0 Å². The summed E-state index contributed by atoms with van der Waals surface area (Å²) in [6.07, 6.45) is 2.03. The Hall–Kier alpha value is -1.26. The van der Waals surface area contributed by atoms with Crippen LogP contribution in [0, 0.1) is 0 Å². The fourth-order valence-electron chi connectivity index (χ4n) is 2.93. The molecule has 0 bridgehead atoms. The molecule has 0 amide bonds. The zero-order valence-electron chi connectivity index (χ0n) is 9.98. The van der Waals surface area contributed by atoms with Gasteiger partial charge in [-0.3, -0.25) is 0 Å². The first-order chi connectivity index (χ1) is 8.36. The lowest BCUT2D eigenvalue weighted by Gasteiger charge is -2.42. The van der Waals surface area contributed by atoms with Crippen LogP contribution in [-0.4, -0.2) is 32.0 Å². The van der Waals surface area contributed by atoms with Crippen molar-refractivity contribution >= 4 is 11.4 Å².